The van der Waals surface area contributed by atoms with Gasteiger partial charge in [-0.2, -0.15) is 0 Å². The van der Waals surface area contributed by atoms with Gasteiger partial charge in [-0.05, 0) is 18.1 Å². The van der Waals surface area contributed by atoms with Crippen LogP contribution in [0.15, 0.2) is 35.2 Å². The molecule has 4 nitrogen and oxygen atoms in total. The average Bonchev–Trinajstić information content (AvgIpc) is 2.82. The molecule has 0 radical (unpaired) electrons. The van der Waals surface area contributed by atoms with E-state index in [-0.39, 0.29) is 18.0 Å². The van der Waals surface area contributed by atoms with Crippen molar-refractivity contribution in [1.82, 2.24) is 0 Å². The first kappa shape index (κ1) is 13.5. The van der Waals surface area contributed by atoms with Gasteiger partial charge < -0.3 is 9.47 Å². The fraction of sp³-hybridized carbons (Fsp3) is 0.538. The van der Waals surface area contributed by atoms with E-state index in [4.69, 9.17) is 9.47 Å². The third-order valence-electron chi connectivity index (χ3n) is 2.89. The lowest BCUT2D eigenvalue weighted by atomic mass is 10.1. The van der Waals surface area contributed by atoms with Crippen molar-refractivity contribution in [2.24, 2.45) is 5.92 Å². The Morgan fingerprint density at radius 2 is 1.83 bits per heavy atom. The molecule has 0 spiro atoms. The summed E-state index contributed by atoms with van der Waals surface area (Å²) in [6.07, 6.45) is 0.373. The van der Waals surface area contributed by atoms with Gasteiger partial charge in [-0.15, -0.1) is 0 Å². The quantitative estimate of drug-likeness (QED) is 0.819. The second kappa shape index (κ2) is 5.82. The zero-order valence-corrected chi connectivity index (χ0v) is 11.2. The highest BCUT2D eigenvalue weighted by Gasteiger charge is 2.23. The Kier molecular flexibility index (Phi) is 4.37. The molecule has 100 valence electrons. The van der Waals surface area contributed by atoms with Gasteiger partial charge in [0.2, 0.25) is 0 Å². The minimum atomic E-state index is -3.21. The van der Waals surface area contributed by atoms with Gasteiger partial charge in [-0.25, -0.2) is 8.42 Å². The molecule has 1 aliphatic heterocycles. The molecular formula is C13H18O4S. The average molecular weight is 270 g/mol. The van der Waals surface area contributed by atoms with E-state index < -0.39 is 9.84 Å². The number of sulfone groups is 1. The van der Waals surface area contributed by atoms with Crippen molar-refractivity contribution >= 4 is 9.84 Å². The molecule has 0 saturated carbocycles. The summed E-state index contributed by atoms with van der Waals surface area (Å²) in [5.74, 6) is 0.138. The van der Waals surface area contributed by atoms with Crippen molar-refractivity contribution in [3.05, 3.63) is 30.3 Å². The summed E-state index contributed by atoms with van der Waals surface area (Å²) < 4.78 is 34.9. The monoisotopic (exact) mass is 270 g/mol. The SMILES string of the molecule is CC(CC1OCCO1)CS(=O)(=O)c1ccccc1. The summed E-state index contributed by atoms with van der Waals surface area (Å²) in [4.78, 5) is 0.380. The lowest BCUT2D eigenvalue weighted by Crippen LogP contribution is -2.20. The summed E-state index contributed by atoms with van der Waals surface area (Å²) in [6, 6.07) is 8.54. The van der Waals surface area contributed by atoms with Gasteiger partial charge in [0.05, 0.1) is 23.9 Å². The van der Waals surface area contributed by atoms with Crippen LogP contribution < -0.4 is 0 Å². The van der Waals surface area contributed by atoms with Gasteiger partial charge in [0.1, 0.15) is 0 Å². The van der Waals surface area contributed by atoms with Crippen LogP contribution in [0.2, 0.25) is 0 Å². The molecule has 1 heterocycles. The molecule has 0 aliphatic carbocycles. The van der Waals surface area contributed by atoms with Crippen LogP contribution in [0.25, 0.3) is 0 Å². The molecule has 1 aromatic rings. The Hall–Kier alpha value is -0.910. The molecule has 1 aromatic carbocycles. The molecule has 2 rings (SSSR count). The fourth-order valence-electron chi connectivity index (χ4n) is 2.04. The van der Waals surface area contributed by atoms with Crippen LogP contribution in [0, 0.1) is 5.92 Å². The van der Waals surface area contributed by atoms with Gasteiger partial charge in [0.15, 0.2) is 16.1 Å². The Morgan fingerprint density at radius 3 is 2.44 bits per heavy atom. The highest BCUT2D eigenvalue weighted by molar-refractivity contribution is 7.91. The number of rotatable bonds is 5. The fourth-order valence-corrected chi connectivity index (χ4v) is 3.69. The standard InChI is InChI=1S/C13H18O4S/c1-11(9-13-16-7-8-17-13)10-18(14,15)12-5-3-2-4-6-12/h2-6,11,13H,7-10H2,1H3. The topological polar surface area (TPSA) is 52.6 Å². The zero-order valence-electron chi connectivity index (χ0n) is 10.4. The minimum Gasteiger partial charge on any atom is -0.350 e. The lowest BCUT2D eigenvalue weighted by molar-refractivity contribution is -0.0539. The van der Waals surface area contributed by atoms with Crippen LogP contribution in [0.1, 0.15) is 13.3 Å². The van der Waals surface area contributed by atoms with E-state index in [9.17, 15) is 8.42 Å². The van der Waals surface area contributed by atoms with Crippen molar-refractivity contribution in [1.29, 1.82) is 0 Å². The maximum atomic E-state index is 12.1. The largest absolute Gasteiger partial charge is 0.350 e. The second-order valence-electron chi connectivity index (χ2n) is 4.61. The predicted octanol–water partition coefficient (Wildman–Crippen LogP) is 1.86. The molecule has 1 unspecified atom stereocenters. The Balaban J connectivity index is 1.95. The van der Waals surface area contributed by atoms with E-state index in [0.717, 1.165) is 0 Å². The van der Waals surface area contributed by atoms with Crippen LogP contribution >= 0.6 is 0 Å². The van der Waals surface area contributed by atoms with Crippen LogP contribution in [0.4, 0.5) is 0 Å². The number of hydrogen-bond donors (Lipinski definition) is 0. The predicted molar refractivity (Wildman–Crippen MR) is 68.0 cm³/mol. The summed E-state index contributed by atoms with van der Waals surface area (Å²) in [7, 11) is -3.21. The Labute approximate surface area is 108 Å². The number of hydrogen-bond acceptors (Lipinski definition) is 4. The Bertz CT molecular complexity index is 463. The van der Waals surface area contributed by atoms with E-state index in [1.807, 2.05) is 13.0 Å². The first-order valence-corrected chi connectivity index (χ1v) is 7.74. The van der Waals surface area contributed by atoms with E-state index in [1.54, 1.807) is 24.3 Å². The molecule has 1 aliphatic rings. The lowest BCUT2D eigenvalue weighted by Gasteiger charge is -2.15. The van der Waals surface area contributed by atoms with Gasteiger partial charge in [0.25, 0.3) is 0 Å². The molecule has 0 amide bonds. The Morgan fingerprint density at radius 1 is 1.22 bits per heavy atom. The zero-order chi connectivity index (χ0) is 13.0. The van der Waals surface area contributed by atoms with E-state index in [0.29, 0.717) is 24.5 Å². The summed E-state index contributed by atoms with van der Waals surface area (Å²) >= 11 is 0. The number of ether oxygens (including phenoxy) is 2. The summed E-state index contributed by atoms with van der Waals surface area (Å²) in [6.45, 7) is 3.11. The minimum absolute atomic E-state index is 0.0123. The smallest absolute Gasteiger partial charge is 0.178 e. The van der Waals surface area contributed by atoms with Crippen molar-refractivity contribution in [2.75, 3.05) is 19.0 Å². The normalized spacial score (nSPS) is 18.9. The third kappa shape index (κ3) is 3.54. The molecule has 18 heavy (non-hydrogen) atoms. The number of benzene rings is 1. The van der Waals surface area contributed by atoms with E-state index >= 15 is 0 Å². The summed E-state index contributed by atoms with van der Waals surface area (Å²) in [5.41, 5.74) is 0. The molecule has 0 aromatic heterocycles. The first-order chi connectivity index (χ1) is 8.58. The third-order valence-corrected chi connectivity index (χ3v) is 4.89. The van der Waals surface area contributed by atoms with Gasteiger partial charge in [-0.1, -0.05) is 25.1 Å². The molecular weight excluding hydrogens is 252 g/mol. The van der Waals surface area contributed by atoms with Gasteiger partial charge >= 0.3 is 0 Å². The highest BCUT2D eigenvalue weighted by Crippen LogP contribution is 2.19. The van der Waals surface area contributed by atoms with Gasteiger partial charge in [-0.3, -0.25) is 0 Å². The van der Waals surface area contributed by atoms with E-state index in [1.165, 1.54) is 0 Å². The van der Waals surface area contributed by atoms with Crippen LogP contribution in [0.5, 0.6) is 0 Å². The molecule has 0 bridgehead atoms. The first-order valence-electron chi connectivity index (χ1n) is 6.09. The van der Waals surface area contributed by atoms with Crippen LogP contribution in [-0.4, -0.2) is 33.7 Å². The van der Waals surface area contributed by atoms with Crippen molar-refractivity contribution in [2.45, 2.75) is 24.5 Å². The second-order valence-corrected chi connectivity index (χ2v) is 6.64. The van der Waals surface area contributed by atoms with Crippen molar-refractivity contribution in [3.63, 3.8) is 0 Å². The summed E-state index contributed by atoms with van der Waals surface area (Å²) in [5, 5.41) is 0. The van der Waals surface area contributed by atoms with Gasteiger partial charge in [0, 0.05) is 6.42 Å². The van der Waals surface area contributed by atoms with Crippen LogP contribution in [-0.2, 0) is 19.3 Å². The molecule has 1 atom stereocenters. The molecule has 1 saturated heterocycles. The van der Waals surface area contributed by atoms with Crippen molar-refractivity contribution in [3.8, 4) is 0 Å². The maximum Gasteiger partial charge on any atom is 0.178 e. The molecule has 5 heteroatoms. The van der Waals surface area contributed by atoms with E-state index in [2.05, 4.69) is 0 Å². The maximum absolute atomic E-state index is 12.1. The van der Waals surface area contributed by atoms with Crippen molar-refractivity contribution < 1.29 is 17.9 Å². The van der Waals surface area contributed by atoms with Crippen LogP contribution in [0.3, 0.4) is 0 Å². The highest BCUT2D eigenvalue weighted by atomic mass is 32.2. The molecule has 1 fully saturated rings. The molecule has 0 N–H and O–H groups in total.